The second kappa shape index (κ2) is 6.29. The van der Waals surface area contributed by atoms with Crippen LogP contribution in [0.1, 0.15) is 19.3 Å². The summed E-state index contributed by atoms with van der Waals surface area (Å²) in [5.74, 6) is -0.0363. The van der Waals surface area contributed by atoms with Crippen molar-refractivity contribution in [3.05, 3.63) is 34.4 Å². The fourth-order valence-electron chi connectivity index (χ4n) is 2.33. The van der Waals surface area contributed by atoms with Crippen molar-refractivity contribution in [3.63, 3.8) is 0 Å². The first-order chi connectivity index (χ1) is 9.15. The monoisotopic (exact) mass is 264 g/mol. The highest BCUT2D eigenvalue weighted by Crippen LogP contribution is 2.14. The molecule has 1 amide bonds. The number of carbonyl (C=O) groups is 1. The third kappa shape index (κ3) is 4.03. The number of quaternary nitrogens is 1. The van der Waals surface area contributed by atoms with Crippen LogP contribution in [0, 0.1) is 10.1 Å². The van der Waals surface area contributed by atoms with Crippen LogP contribution in [0.2, 0.25) is 0 Å². The van der Waals surface area contributed by atoms with Crippen LogP contribution in [0.5, 0.6) is 0 Å². The third-order valence-electron chi connectivity index (χ3n) is 3.33. The molecule has 0 spiro atoms. The molecule has 0 saturated carbocycles. The number of hydrogen-bond donors (Lipinski definition) is 2. The summed E-state index contributed by atoms with van der Waals surface area (Å²) in [5.41, 5.74) is 0.631. The van der Waals surface area contributed by atoms with E-state index in [0.717, 1.165) is 13.1 Å². The highest BCUT2D eigenvalue weighted by Gasteiger charge is 2.17. The molecule has 1 aromatic rings. The number of nitrogens with zero attached hydrogens (tertiary/aromatic N) is 1. The largest absolute Gasteiger partial charge is 0.327 e. The maximum atomic E-state index is 11.8. The Labute approximate surface area is 111 Å². The van der Waals surface area contributed by atoms with Gasteiger partial charge in [-0.3, -0.25) is 14.9 Å². The van der Waals surface area contributed by atoms with Gasteiger partial charge in [0, 0.05) is 17.8 Å². The van der Waals surface area contributed by atoms with Gasteiger partial charge in [-0.25, -0.2) is 0 Å². The number of carbonyl (C=O) groups excluding carboxylic acids is 1. The van der Waals surface area contributed by atoms with E-state index in [4.69, 9.17) is 0 Å². The molecule has 6 nitrogen and oxygen atoms in total. The van der Waals surface area contributed by atoms with Crippen LogP contribution in [-0.2, 0) is 4.79 Å². The number of nitro groups is 1. The first-order valence-electron chi connectivity index (χ1n) is 6.53. The van der Waals surface area contributed by atoms with E-state index in [1.165, 1.54) is 36.3 Å². The number of amides is 1. The van der Waals surface area contributed by atoms with Gasteiger partial charge in [-0.15, -0.1) is 0 Å². The van der Waals surface area contributed by atoms with Gasteiger partial charge in [0.15, 0.2) is 6.54 Å². The summed E-state index contributed by atoms with van der Waals surface area (Å²) < 4.78 is 0. The minimum atomic E-state index is -0.455. The predicted molar refractivity (Wildman–Crippen MR) is 71.1 cm³/mol. The highest BCUT2D eigenvalue weighted by molar-refractivity contribution is 5.91. The lowest BCUT2D eigenvalue weighted by Crippen LogP contribution is -3.13. The predicted octanol–water partition coefficient (Wildman–Crippen LogP) is 0.602. The smallest absolute Gasteiger partial charge is 0.279 e. The van der Waals surface area contributed by atoms with Gasteiger partial charge < -0.3 is 10.2 Å². The second-order valence-corrected chi connectivity index (χ2v) is 4.84. The standard InChI is InChI=1S/C13H17N3O3/c17-13(10-15-8-2-1-3-9-15)14-11-4-6-12(7-5-11)16(18)19/h4-7H,1-3,8-10H2,(H,14,17)/p+1. The molecule has 0 aliphatic carbocycles. The molecule has 102 valence electrons. The zero-order chi connectivity index (χ0) is 13.7. The number of benzene rings is 1. The maximum Gasteiger partial charge on any atom is 0.279 e. The first kappa shape index (κ1) is 13.5. The number of nitrogens with one attached hydrogen (secondary N) is 2. The lowest BCUT2D eigenvalue weighted by atomic mass is 10.1. The van der Waals surface area contributed by atoms with Gasteiger partial charge in [0.2, 0.25) is 0 Å². The molecule has 1 aliphatic rings. The molecule has 0 aromatic heterocycles. The Morgan fingerprint density at radius 1 is 1.21 bits per heavy atom. The normalized spacial score (nSPS) is 16.0. The zero-order valence-corrected chi connectivity index (χ0v) is 10.7. The van der Waals surface area contributed by atoms with Crippen LogP contribution in [0.4, 0.5) is 11.4 Å². The SMILES string of the molecule is O=C(C[NH+]1CCCCC1)Nc1ccc([N+](=O)[O-])cc1. The number of non-ortho nitro benzene ring substituents is 1. The fourth-order valence-corrected chi connectivity index (χ4v) is 2.33. The van der Waals surface area contributed by atoms with E-state index in [1.807, 2.05) is 0 Å². The number of likely N-dealkylation sites (tertiary alicyclic amines) is 1. The number of nitro benzene ring substituents is 1. The Kier molecular flexibility index (Phi) is 4.46. The number of anilines is 1. The summed E-state index contributed by atoms with van der Waals surface area (Å²) in [6, 6.07) is 5.90. The number of rotatable bonds is 4. The van der Waals surface area contributed by atoms with Crippen molar-refractivity contribution in [2.45, 2.75) is 19.3 Å². The lowest BCUT2D eigenvalue weighted by molar-refractivity contribution is -0.896. The van der Waals surface area contributed by atoms with Gasteiger partial charge >= 0.3 is 0 Å². The minimum absolute atomic E-state index is 0.0275. The topological polar surface area (TPSA) is 76.7 Å². The minimum Gasteiger partial charge on any atom is -0.327 e. The molecule has 1 aromatic carbocycles. The summed E-state index contributed by atoms with van der Waals surface area (Å²) in [5, 5.41) is 13.3. The van der Waals surface area contributed by atoms with Gasteiger partial charge in [0.1, 0.15) is 0 Å². The van der Waals surface area contributed by atoms with Gasteiger partial charge in [-0.05, 0) is 31.4 Å². The summed E-state index contributed by atoms with van der Waals surface area (Å²) in [6.45, 7) is 2.57. The second-order valence-electron chi connectivity index (χ2n) is 4.84. The van der Waals surface area contributed by atoms with Crippen LogP contribution in [0.3, 0.4) is 0 Å². The molecular weight excluding hydrogens is 246 g/mol. The Balaban J connectivity index is 1.85. The molecule has 19 heavy (non-hydrogen) atoms. The van der Waals surface area contributed by atoms with E-state index in [-0.39, 0.29) is 11.6 Å². The van der Waals surface area contributed by atoms with E-state index < -0.39 is 4.92 Å². The fraction of sp³-hybridized carbons (Fsp3) is 0.462. The van der Waals surface area contributed by atoms with E-state index in [0.29, 0.717) is 12.2 Å². The van der Waals surface area contributed by atoms with Gasteiger partial charge in [-0.2, -0.15) is 0 Å². The van der Waals surface area contributed by atoms with E-state index in [2.05, 4.69) is 5.32 Å². The highest BCUT2D eigenvalue weighted by atomic mass is 16.6. The average molecular weight is 264 g/mol. The quantitative estimate of drug-likeness (QED) is 0.617. The van der Waals surface area contributed by atoms with Gasteiger partial charge in [0.25, 0.3) is 11.6 Å². The van der Waals surface area contributed by atoms with Crippen LogP contribution in [0.15, 0.2) is 24.3 Å². The first-order valence-corrected chi connectivity index (χ1v) is 6.53. The molecule has 1 heterocycles. The van der Waals surface area contributed by atoms with Crippen LogP contribution in [-0.4, -0.2) is 30.5 Å². The average Bonchev–Trinajstić information content (AvgIpc) is 2.40. The number of hydrogen-bond acceptors (Lipinski definition) is 3. The molecular formula is C13H18N3O3+. The molecule has 2 rings (SSSR count). The molecule has 2 N–H and O–H groups in total. The molecule has 6 heteroatoms. The van der Waals surface area contributed by atoms with Crippen molar-refractivity contribution in [1.82, 2.24) is 0 Å². The summed E-state index contributed by atoms with van der Waals surface area (Å²) >= 11 is 0. The van der Waals surface area contributed by atoms with Crippen LogP contribution in [0.25, 0.3) is 0 Å². The maximum absolute atomic E-state index is 11.8. The van der Waals surface area contributed by atoms with E-state index in [9.17, 15) is 14.9 Å². The Morgan fingerprint density at radius 3 is 2.42 bits per heavy atom. The van der Waals surface area contributed by atoms with Crippen molar-refractivity contribution in [2.24, 2.45) is 0 Å². The third-order valence-corrected chi connectivity index (χ3v) is 3.33. The molecule has 0 unspecified atom stereocenters. The van der Waals surface area contributed by atoms with E-state index in [1.54, 1.807) is 12.1 Å². The Hall–Kier alpha value is -1.95. The van der Waals surface area contributed by atoms with Crippen molar-refractivity contribution >= 4 is 17.3 Å². The van der Waals surface area contributed by atoms with Gasteiger partial charge in [-0.1, -0.05) is 0 Å². The molecule has 1 aliphatic heterocycles. The van der Waals surface area contributed by atoms with Crippen molar-refractivity contribution < 1.29 is 14.6 Å². The lowest BCUT2D eigenvalue weighted by Gasteiger charge is -2.22. The molecule has 0 atom stereocenters. The summed E-state index contributed by atoms with van der Waals surface area (Å²) in [6.07, 6.45) is 3.62. The molecule has 1 saturated heterocycles. The Bertz CT molecular complexity index is 453. The number of piperidine rings is 1. The van der Waals surface area contributed by atoms with Crippen LogP contribution >= 0.6 is 0 Å². The molecule has 0 bridgehead atoms. The zero-order valence-electron chi connectivity index (χ0n) is 10.7. The Morgan fingerprint density at radius 2 is 1.84 bits per heavy atom. The summed E-state index contributed by atoms with van der Waals surface area (Å²) in [7, 11) is 0. The van der Waals surface area contributed by atoms with Crippen molar-refractivity contribution in [3.8, 4) is 0 Å². The molecule has 1 fully saturated rings. The van der Waals surface area contributed by atoms with Crippen molar-refractivity contribution in [1.29, 1.82) is 0 Å². The van der Waals surface area contributed by atoms with Crippen LogP contribution < -0.4 is 10.2 Å². The van der Waals surface area contributed by atoms with E-state index >= 15 is 0 Å². The van der Waals surface area contributed by atoms with Crippen molar-refractivity contribution in [2.75, 3.05) is 25.0 Å². The summed E-state index contributed by atoms with van der Waals surface area (Å²) in [4.78, 5) is 23.2. The van der Waals surface area contributed by atoms with Gasteiger partial charge in [0.05, 0.1) is 18.0 Å². The molecule has 0 radical (unpaired) electrons.